The van der Waals surface area contributed by atoms with Gasteiger partial charge in [-0.25, -0.2) is 0 Å². The molecule has 1 saturated carbocycles. The zero-order valence-corrected chi connectivity index (χ0v) is 10.2. The molecule has 0 aromatic carbocycles. The quantitative estimate of drug-likeness (QED) is 0.603. The van der Waals surface area contributed by atoms with E-state index in [1.807, 2.05) is 0 Å². The monoisotopic (exact) mass is 195 g/mol. The number of hydrogen-bond acceptors (Lipinski definition) is 1. The molecule has 0 aromatic heterocycles. The van der Waals surface area contributed by atoms with Crippen molar-refractivity contribution in [3.8, 4) is 0 Å². The molecule has 1 aliphatic rings. The highest BCUT2D eigenvalue weighted by molar-refractivity contribution is 5.62. The van der Waals surface area contributed by atoms with E-state index >= 15 is 0 Å². The van der Waals surface area contributed by atoms with Gasteiger partial charge in [0.25, 0.3) is 0 Å². The van der Waals surface area contributed by atoms with Crippen LogP contribution in [0.1, 0.15) is 53.4 Å². The van der Waals surface area contributed by atoms with Crippen molar-refractivity contribution in [2.24, 2.45) is 22.2 Å². The number of nitrogens with zero attached hydrogens (tertiary/aromatic N) is 1. The van der Waals surface area contributed by atoms with Gasteiger partial charge in [-0.2, -0.15) is 0 Å². The van der Waals surface area contributed by atoms with Gasteiger partial charge in [0.2, 0.25) is 0 Å². The molecule has 0 spiro atoms. The van der Waals surface area contributed by atoms with Crippen LogP contribution >= 0.6 is 0 Å². The Balaban J connectivity index is 2.15. The lowest BCUT2D eigenvalue weighted by atomic mass is 9.73. The van der Waals surface area contributed by atoms with E-state index in [1.54, 1.807) is 0 Å². The summed E-state index contributed by atoms with van der Waals surface area (Å²) in [6.07, 6.45) is 7.55. The predicted molar refractivity (Wildman–Crippen MR) is 63.9 cm³/mol. The van der Waals surface area contributed by atoms with Crippen LogP contribution in [0.5, 0.6) is 0 Å². The maximum Gasteiger partial charge on any atom is 0.0390 e. The second-order valence-electron chi connectivity index (χ2n) is 5.78. The van der Waals surface area contributed by atoms with Gasteiger partial charge in [0, 0.05) is 12.8 Å². The smallest absolute Gasteiger partial charge is 0.0390 e. The van der Waals surface area contributed by atoms with E-state index in [4.69, 9.17) is 0 Å². The molecule has 0 aromatic rings. The summed E-state index contributed by atoms with van der Waals surface area (Å²) < 4.78 is 0. The van der Waals surface area contributed by atoms with Crippen LogP contribution in [0.25, 0.3) is 0 Å². The maximum absolute atomic E-state index is 4.55. The van der Waals surface area contributed by atoms with Crippen molar-refractivity contribution >= 4 is 6.21 Å². The summed E-state index contributed by atoms with van der Waals surface area (Å²) >= 11 is 0. The van der Waals surface area contributed by atoms with Crippen LogP contribution in [0.2, 0.25) is 0 Å². The van der Waals surface area contributed by atoms with E-state index in [-0.39, 0.29) is 0 Å². The van der Waals surface area contributed by atoms with Gasteiger partial charge in [-0.1, -0.05) is 34.1 Å². The Morgan fingerprint density at radius 3 is 2.43 bits per heavy atom. The molecule has 0 amide bonds. The van der Waals surface area contributed by atoms with E-state index < -0.39 is 0 Å². The molecule has 0 radical (unpaired) electrons. The lowest BCUT2D eigenvalue weighted by molar-refractivity contribution is 0.243. The Kier molecular flexibility index (Phi) is 4.15. The Labute approximate surface area is 89.0 Å². The van der Waals surface area contributed by atoms with Crippen LogP contribution in [0.4, 0.5) is 0 Å². The first-order chi connectivity index (χ1) is 6.53. The maximum atomic E-state index is 4.55. The molecule has 0 heterocycles. The summed E-state index contributed by atoms with van der Waals surface area (Å²) in [7, 11) is 0. The minimum absolute atomic E-state index is 0.432. The van der Waals surface area contributed by atoms with Crippen molar-refractivity contribution in [3.05, 3.63) is 0 Å². The van der Waals surface area contributed by atoms with Gasteiger partial charge < -0.3 is 0 Å². The van der Waals surface area contributed by atoms with Crippen LogP contribution in [-0.4, -0.2) is 12.8 Å². The van der Waals surface area contributed by atoms with E-state index in [9.17, 15) is 0 Å². The van der Waals surface area contributed by atoms with Crippen molar-refractivity contribution in [2.75, 3.05) is 6.54 Å². The van der Waals surface area contributed by atoms with E-state index in [2.05, 4.69) is 38.9 Å². The highest BCUT2D eigenvalue weighted by atomic mass is 14.7. The third-order valence-corrected chi connectivity index (χ3v) is 3.29. The van der Waals surface area contributed by atoms with Gasteiger partial charge in [0.05, 0.1) is 0 Å². The van der Waals surface area contributed by atoms with Gasteiger partial charge in [-0.3, -0.25) is 4.99 Å². The van der Waals surface area contributed by atoms with Crippen molar-refractivity contribution in [3.63, 3.8) is 0 Å². The number of rotatable bonds is 4. The zero-order valence-electron chi connectivity index (χ0n) is 10.2. The summed E-state index contributed by atoms with van der Waals surface area (Å²) in [6, 6.07) is 0. The largest absolute Gasteiger partial charge is 0.297 e. The second-order valence-corrected chi connectivity index (χ2v) is 5.78. The highest BCUT2D eigenvalue weighted by Gasteiger charge is 2.27. The van der Waals surface area contributed by atoms with Crippen molar-refractivity contribution in [1.29, 1.82) is 0 Å². The Bertz CT molecular complexity index is 186. The topological polar surface area (TPSA) is 12.4 Å². The van der Waals surface area contributed by atoms with Gasteiger partial charge in [-0.15, -0.1) is 0 Å². The van der Waals surface area contributed by atoms with E-state index in [0.717, 1.165) is 18.4 Å². The number of aliphatic imine (C=N–C) groups is 1. The van der Waals surface area contributed by atoms with Crippen molar-refractivity contribution in [2.45, 2.75) is 53.4 Å². The van der Waals surface area contributed by atoms with Gasteiger partial charge in [-0.05, 0) is 36.5 Å². The van der Waals surface area contributed by atoms with Crippen LogP contribution in [0, 0.1) is 17.3 Å². The molecule has 2 unspecified atom stereocenters. The molecular formula is C13H25N. The lowest BCUT2D eigenvalue weighted by Crippen LogP contribution is -2.26. The molecule has 0 N–H and O–H groups in total. The van der Waals surface area contributed by atoms with E-state index in [0.29, 0.717) is 5.41 Å². The summed E-state index contributed by atoms with van der Waals surface area (Å²) in [5, 5.41) is 0. The zero-order chi connectivity index (χ0) is 10.6. The van der Waals surface area contributed by atoms with Crippen LogP contribution in [0.3, 0.4) is 0 Å². The van der Waals surface area contributed by atoms with Crippen molar-refractivity contribution in [1.82, 2.24) is 0 Å². The summed E-state index contributed by atoms with van der Waals surface area (Å²) in [6.45, 7) is 10.1. The van der Waals surface area contributed by atoms with Crippen molar-refractivity contribution < 1.29 is 0 Å². The molecule has 1 rings (SSSR count). The summed E-state index contributed by atoms with van der Waals surface area (Å²) in [5.41, 5.74) is 0.432. The Morgan fingerprint density at radius 1 is 1.29 bits per heavy atom. The SMILES string of the molecule is CCC1CCC1C=NCCC(C)(C)C. The normalized spacial score (nSPS) is 28.0. The fourth-order valence-corrected chi connectivity index (χ4v) is 1.91. The van der Waals surface area contributed by atoms with Gasteiger partial charge >= 0.3 is 0 Å². The minimum Gasteiger partial charge on any atom is -0.297 e. The molecule has 2 atom stereocenters. The average molecular weight is 195 g/mol. The first-order valence-corrected chi connectivity index (χ1v) is 6.03. The molecule has 1 heteroatoms. The average Bonchev–Trinajstić information content (AvgIpc) is 2.00. The summed E-state index contributed by atoms with van der Waals surface area (Å²) in [5.74, 6) is 1.74. The molecule has 1 fully saturated rings. The standard InChI is InChI=1S/C13H25N/c1-5-11-6-7-12(11)10-14-9-8-13(2,3)4/h10-12H,5-9H2,1-4H3. The third-order valence-electron chi connectivity index (χ3n) is 3.29. The van der Waals surface area contributed by atoms with Crippen LogP contribution in [-0.2, 0) is 0 Å². The van der Waals surface area contributed by atoms with Crippen LogP contribution in [0.15, 0.2) is 4.99 Å². The molecule has 1 aliphatic carbocycles. The fraction of sp³-hybridized carbons (Fsp3) is 0.923. The third kappa shape index (κ3) is 3.81. The van der Waals surface area contributed by atoms with Gasteiger partial charge in [0.15, 0.2) is 0 Å². The predicted octanol–water partition coefficient (Wildman–Crippen LogP) is 3.93. The highest BCUT2D eigenvalue weighted by Crippen LogP contribution is 2.35. The minimum atomic E-state index is 0.432. The molecule has 0 aliphatic heterocycles. The molecule has 0 saturated heterocycles. The molecular weight excluding hydrogens is 170 g/mol. The molecule has 0 bridgehead atoms. The molecule has 1 nitrogen and oxygen atoms in total. The fourth-order valence-electron chi connectivity index (χ4n) is 1.91. The van der Waals surface area contributed by atoms with Gasteiger partial charge in [0.1, 0.15) is 0 Å². The second kappa shape index (κ2) is 4.95. The van der Waals surface area contributed by atoms with Crippen LogP contribution < -0.4 is 0 Å². The molecule has 14 heavy (non-hydrogen) atoms. The number of hydrogen-bond donors (Lipinski definition) is 0. The summed E-state index contributed by atoms with van der Waals surface area (Å²) in [4.78, 5) is 4.55. The Morgan fingerprint density at radius 2 is 2.00 bits per heavy atom. The Hall–Kier alpha value is -0.330. The lowest BCUT2D eigenvalue weighted by Gasteiger charge is -2.33. The molecule has 82 valence electrons. The first-order valence-electron chi connectivity index (χ1n) is 6.03. The van der Waals surface area contributed by atoms with E-state index in [1.165, 1.54) is 25.7 Å². The first kappa shape index (κ1) is 11.7.